The van der Waals surface area contributed by atoms with Crippen molar-refractivity contribution >= 4 is 18.1 Å². The van der Waals surface area contributed by atoms with Crippen molar-refractivity contribution in [1.82, 2.24) is 4.90 Å². The molecule has 0 saturated carbocycles. The molecule has 28 heavy (non-hydrogen) atoms. The highest BCUT2D eigenvalue weighted by Crippen LogP contribution is 2.24. The van der Waals surface area contributed by atoms with Crippen LogP contribution in [-0.2, 0) is 16.0 Å². The minimum atomic E-state index is -0.988. The molecule has 0 unspecified atom stereocenters. The summed E-state index contributed by atoms with van der Waals surface area (Å²) < 4.78 is 5.13. The number of benzene rings is 2. The predicted molar refractivity (Wildman–Crippen MR) is 107 cm³/mol. The van der Waals surface area contributed by atoms with Gasteiger partial charge in [-0.1, -0.05) is 73.7 Å². The predicted octanol–water partition coefficient (Wildman–Crippen LogP) is 3.68. The van der Waals surface area contributed by atoms with Gasteiger partial charge in [-0.05, 0) is 30.0 Å². The Morgan fingerprint density at radius 1 is 1.18 bits per heavy atom. The Hall–Kier alpha value is -2.92. The van der Waals surface area contributed by atoms with Crippen LogP contribution in [0, 0.1) is 5.92 Å². The van der Waals surface area contributed by atoms with Crippen molar-refractivity contribution in [2.24, 2.45) is 5.92 Å². The highest BCUT2D eigenvalue weighted by Gasteiger charge is 2.41. The number of aliphatic hydroxyl groups is 1. The van der Waals surface area contributed by atoms with Crippen LogP contribution in [0.5, 0.6) is 0 Å². The minimum Gasteiger partial charge on any atom is -0.447 e. The molecule has 0 radical (unpaired) electrons. The summed E-state index contributed by atoms with van der Waals surface area (Å²) in [5.74, 6) is -1.18. The summed E-state index contributed by atoms with van der Waals surface area (Å²) in [5, 5.41) is 10.7. The summed E-state index contributed by atoms with van der Waals surface area (Å²) >= 11 is 0. The molecule has 146 valence electrons. The Morgan fingerprint density at radius 2 is 1.79 bits per heavy atom. The van der Waals surface area contributed by atoms with E-state index in [0.29, 0.717) is 12.0 Å². The number of aliphatic hydroxyl groups excluding tert-OH is 1. The van der Waals surface area contributed by atoms with Gasteiger partial charge in [-0.3, -0.25) is 4.79 Å². The first kappa shape index (κ1) is 19.8. The van der Waals surface area contributed by atoms with Gasteiger partial charge in [0.2, 0.25) is 5.91 Å². The van der Waals surface area contributed by atoms with E-state index in [2.05, 4.69) is 0 Å². The molecule has 1 saturated heterocycles. The van der Waals surface area contributed by atoms with Crippen LogP contribution in [0.4, 0.5) is 4.79 Å². The van der Waals surface area contributed by atoms with Gasteiger partial charge >= 0.3 is 6.09 Å². The molecule has 0 spiro atoms. The van der Waals surface area contributed by atoms with Crippen molar-refractivity contribution in [2.45, 2.75) is 32.4 Å². The highest BCUT2D eigenvalue weighted by atomic mass is 16.6. The molecule has 3 rings (SSSR count). The van der Waals surface area contributed by atoms with Crippen LogP contribution in [0.25, 0.3) is 6.08 Å². The molecular weight excluding hydrogens is 354 g/mol. The standard InChI is InChI=1S/C23H25NO4/c1-16(13-18-9-5-3-6-10-18)21(25)17(2)22(26)24-20(15-28-23(24)27)14-19-11-7-4-8-12-19/h3-13,17,20-21,25H,14-15H2,1-2H3/b16-13+/t17-,20-,21+/m0/s1. The molecule has 1 aliphatic rings. The number of carbonyl (C=O) groups is 2. The average molecular weight is 379 g/mol. The maximum Gasteiger partial charge on any atom is 0.416 e. The second kappa shape index (κ2) is 8.85. The van der Waals surface area contributed by atoms with Crippen LogP contribution >= 0.6 is 0 Å². The number of carbonyl (C=O) groups excluding carboxylic acids is 2. The van der Waals surface area contributed by atoms with E-state index in [1.54, 1.807) is 13.8 Å². The fourth-order valence-corrected chi connectivity index (χ4v) is 3.41. The fourth-order valence-electron chi connectivity index (χ4n) is 3.41. The summed E-state index contributed by atoms with van der Waals surface area (Å²) in [4.78, 5) is 26.3. The largest absolute Gasteiger partial charge is 0.447 e. The van der Waals surface area contributed by atoms with Gasteiger partial charge in [-0.2, -0.15) is 0 Å². The quantitative estimate of drug-likeness (QED) is 0.831. The number of hydrogen-bond donors (Lipinski definition) is 1. The molecular formula is C23H25NO4. The molecule has 2 amide bonds. The molecule has 0 bridgehead atoms. The molecule has 1 aliphatic heterocycles. The topological polar surface area (TPSA) is 66.8 Å². The maximum atomic E-state index is 13.0. The number of hydrogen-bond acceptors (Lipinski definition) is 4. The first-order valence-electron chi connectivity index (χ1n) is 9.42. The van der Waals surface area contributed by atoms with Crippen molar-refractivity contribution in [1.29, 1.82) is 0 Å². The highest BCUT2D eigenvalue weighted by molar-refractivity contribution is 5.95. The monoisotopic (exact) mass is 379 g/mol. The number of nitrogens with zero attached hydrogens (tertiary/aromatic N) is 1. The van der Waals surface area contributed by atoms with Gasteiger partial charge in [-0.15, -0.1) is 0 Å². The summed E-state index contributed by atoms with van der Waals surface area (Å²) in [6.45, 7) is 3.59. The van der Waals surface area contributed by atoms with Crippen LogP contribution in [-0.4, -0.2) is 40.8 Å². The maximum absolute atomic E-state index is 13.0. The lowest BCUT2D eigenvalue weighted by molar-refractivity contribution is -0.135. The normalized spacial score (nSPS) is 19.2. The van der Waals surface area contributed by atoms with E-state index in [4.69, 9.17) is 4.74 Å². The second-order valence-corrected chi connectivity index (χ2v) is 7.16. The summed E-state index contributed by atoms with van der Waals surface area (Å²) in [6, 6.07) is 18.9. The van der Waals surface area contributed by atoms with E-state index in [-0.39, 0.29) is 12.6 Å². The van der Waals surface area contributed by atoms with Gasteiger partial charge in [0.05, 0.1) is 18.1 Å². The summed E-state index contributed by atoms with van der Waals surface area (Å²) in [6.07, 6.45) is 0.742. The molecule has 5 nitrogen and oxygen atoms in total. The number of rotatable bonds is 6. The van der Waals surface area contributed by atoms with Gasteiger partial charge in [-0.25, -0.2) is 9.69 Å². The Labute approximate surface area is 165 Å². The number of imide groups is 1. The molecule has 2 aromatic rings. The Morgan fingerprint density at radius 3 is 2.43 bits per heavy atom. The Bertz CT molecular complexity index is 847. The van der Waals surface area contributed by atoms with Crippen LogP contribution in [0.2, 0.25) is 0 Å². The van der Waals surface area contributed by atoms with Crippen molar-refractivity contribution in [3.8, 4) is 0 Å². The van der Waals surface area contributed by atoms with Gasteiger partial charge in [0, 0.05) is 0 Å². The van der Waals surface area contributed by atoms with E-state index >= 15 is 0 Å². The Kier molecular flexibility index (Phi) is 6.26. The average Bonchev–Trinajstić information content (AvgIpc) is 3.07. The zero-order valence-corrected chi connectivity index (χ0v) is 16.1. The Balaban J connectivity index is 1.73. The molecule has 0 aromatic heterocycles. The molecule has 1 fully saturated rings. The van der Waals surface area contributed by atoms with Crippen molar-refractivity contribution < 1.29 is 19.4 Å². The van der Waals surface area contributed by atoms with Crippen molar-refractivity contribution in [3.63, 3.8) is 0 Å². The fraction of sp³-hybridized carbons (Fsp3) is 0.304. The van der Waals surface area contributed by atoms with Crippen LogP contribution in [0.15, 0.2) is 66.2 Å². The van der Waals surface area contributed by atoms with E-state index in [9.17, 15) is 14.7 Å². The summed E-state index contributed by atoms with van der Waals surface area (Å²) in [5.41, 5.74) is 2.64. The minimum absolute atomic E-state index is 0.168. The number of amides is 2. The van der Waals surface area contributed by atoms with E-state index in [1.807, 2.05) is 66.7 Å². The smallest absolute Gasteiger partial charge is 0.416 e. The van der Waals surface area contributed by atoms with Crippen LogP contribution in [0.3, 0.4) is 0 Å². The van der Waals surface area contributed by atoms with E-state index in [0.717, 1.165) is 16.0 Å². The molecule has 2 aromatic carbocycles. The first-order valence-corrected chi connectivity index (χ1v) is 9.42. The van der Waals surface area contributed by atoms with E-state index < -0.39 is 24.0 Å². The summed E-state index contributed by atoms with van der Waals surface area (Å²) in [7, 11) is 0. The lowest BCUT2D eigenvalue weighted by Crippen LogP contribution is -2.45. The first-order chi connectivity index (χ1) is 13.5. The van der Waals surface area contributed by atoms with Gasteiger partial charge in [0.1, 0.15) is 6.61 Å². The SMILES string of the molecule is C/C(=C\c1ccccc1)[C@@H](O)[C@H](C)C(=O)N1C(=O)OC[C@@H]1Cc1ccccc1. The third-order valence-corrected chi connectivity index (χ3v) is 5.04. The zero-order chi connectivity index (χ0) is 20.1. The van der Waals surface area contributed by atoms with Gasteiger partial charge < -0.3 is 9.84 Å². The second-order valence-electron chi connectivity index (χ2n) is 7.16. The van der Waals surface area contributed by atoms with Crippen LogP contribution in [0.1, 0.15) is 25.0 Å². The third kappa shape index (κ3) is 4.49. The molecule has 3 atom stereocenters. The van der Waals surface area contributed by atoms with Gasteiger partial charge in [0.15, 0.2) is 0 Å². The van der Waals surface area contributed by atoms with E-state index in [1.165, 1.54) is 0 Å². The molecule has 1 N–H and O–H groups in total. The van der Waals surface area contributed by atoms with Gasteiger partial charge in [0.25, 0.3) is 0 Å². The van der Waals surface area contributed by atoms with Crippen LogP contribution < -0.4 is 0 Å². The molecule has 5 heteroatoms. The molecule has 0 aliphatic carbocycles. The zero-order valence-electron chi connectivity index (χ0n) is 16.1. The lowest BCUT2D eigenvalue weighted by Gasteiger charge is -2.26. The van der Waals surface area contributed by atoms with Crippen molar-refractivity contribution in [2.75, 3.05) is 6.61 Å². The number of ether oxygens (including phenoxy) is 1. The third-order valence-electron chi connectivity index (χ3n) is 5.04. The van der Waals surface area contributed by atoms with Crippen molar-refractivity contribution in [3.05, 3.63) is 77.4 Å². The molecule has 1 heterocycles. The number of cyclic esters (lactones) is 1. The lowest BCUT2D eigenvalue weighted by atomic mass is 9.94.